The van der Waals surface area contributed by atoms with Crippen LogP contribution >= 0.6 is 0 Å². The van der Waals surface area contributed by atoms with Crippen molar-refractivity contribution in [3.63, 3.8) is 0 Å². The first-order valence-corrected chi connectivity index (χ1v) is 17.7. The molecule has 0 radical (unpaired) electrons. The molecule has 0 saturated heterocycles. The first kappa shape index (κ1) is 30.4. The lowest BCUT2D eigenvalue weighted by Gasteiger charge is -2.58. The van der Waals surface area contributed by atoms with Gasteiger partial charge in [-0.15, -0.1) is 0 Å². The number of aliphatic hydroxyl groups excluding tert-OH is 2. The number of carbonyl (C=O) groups excluding carboxylic acids is 3. The van der Waals surface area contributed by atoms with E-state index in [-0.39, 0.29) is 30.4 Å². The van der Waals surface area contributed by atoms with Gasteiger partial charge in [-0.3, -0.25) is 14.4 Å². The second kappa shape index (κ2) is 11.7. The van der Waals surface area contributed by atoms with E-state index >= 15 is 0 Å². The number of nitrogens with one attached hydrogen (secondary N) is 1. The van der Waals surface area contributed by atoms with E-state index in [0.717, 1.165) is 55.6 Å². The highest BCUT2D eigenvalue weighted by atomic mass is 16.5. The van der Waals surface area contributed by atoms with Crippen LogP contribution in [0.2, 0.25) is 0 Å². The number of aliphatic hydroxyl groups is 2. The van der Waals surface area contributed by atoms with Crippen molar-refractivity contribution in [3.8, 4) is 11.5 Å². The van der Waals surface area contributed by atoms with Gasteiger partial charge in [-0.1, -0.05) is 6.42 Å². The molecular formula is C37H48N2O7. The molecular weight excluding hydrogens is 584 g/mol. The van der Waals surface area contributed by atoms with Crippen LogP contribution in [0.1, 0.15) is 92.5 Å². The molecule has 1 heterocycles. The SMILES string of the molecule is COc1cc(C=O)cc2c1OC1C2C(C(=O)NCCO)=CC(N(CC23CC4CC(CC(C4)C2)C3)C(=O)CC2CC3CCC2C3)C1O. The Labute approximate surface area is 271 Å². The minimum atomic E-state index is -1.09. The molecule has 0 spiro atoms. The Bertz CT molecular complexity index is 1400. The van der Waals surface area contributed by atoms with Crippen LogP contribution in [-0.4, -0.2) is 78.3 Å². The fraction of sp³-hybridized carbons (Fsp3) is 0.703. The Kier molecular flexibility index (Phi) is 7.71. The van der Waals surface area contributed by atoms with E-state index in [2.05, 4.69) is 5.32 Å². The first-order valence-electron chi connectivity index (χ1n) is 17.7. The maximum absolute atomic E-state index is 14.6. The summed E-state index contributed by atoms with van der Waals surface area (Å²) in [5, 5.41) is 24.6. The second-order valence-electron chi connectivity index (χ2n) is 16.0. The molecule has 7 aliphatic carbocycles. The third kappa shape index (κ3) is 5.07. The van der Waals surface area contributed by atoms with Crippen molar-refractivity contribution < 1.29 is 34.1 Å². The topological polar surface area (TPSA) is 125 Å². The van der Waals surface area contributed by atoms with Gasteiger partial charge in [-0.05, 0) is 117 Å². The lowest BCUT2D eigenvalue weighted by Crippen LogP contribution is -2.60. The van der Waals surface area contributed by atoms with Crippen molar-refractivity contribution in [1.82, 2.24) is 10.2 Å². The molecule has 8 aliphatic rings. The zero-order valence-corrected chi connectivity index (χ0v) is 26.9. The standard InChI is InChI=1S/C37H48N2O7/c1-45-30-12-24(18-41)11-27-32-28(36(44)38-4-5-40)14-29(33(43)35(32)46-34(27)30)39(31(42)13-26-10-20-2-3-25(26)9-20)19-37-15-21-6-22(16-37)8-23(7-21)17-37/h11-12,14,18,20-23,25-26,29,32-33,35,40,43H,2-10,13,15-17,19H2,1H3,(H,38,44). The molecule has 3 N–H and O–H groups in total. The van der Waals surface area contributed by atoms with E-state index in [1.165, 1.54) is 45.6 Å². The Morgan fingerprint density at radius 1 is 1.07 bits per heavy atom. The average molecular weight is 633 g/mol. The van der Waals surface area contributed by atoms with Crippen LogP contribution in [0.4, 0.5) is 0 Å². The second-order valence-corrected chi connectivity index (χ2v) is 16.0. The number of carbonyl (C=O) groups is 3. The third-order valence-electron chi connectivity index (χ3n) is 13.1. The summed E-state index contributed by atoms with van der Waals surface area (Å²) in [7, 11) is 1.50. The molecule has 0 aromatic heterocycles. The van der Waals surface area contributed by atoms with Gasteiger partial charge in [0.05, 0.1) is 25.7 Å². The fourth-order valence-corrected chi connectivity index (χ4v) is 11.7. The number of methoxy groups -OCH3 is 1. The van der Waals surface area contributed by atoms with Crippen molar-refractivity contribution in [1.29, 1.82) is 0 Å². The van der Waals surface area contributed by atoms with Gasteiger partial charge in [0.25, 0.3) is 0 Å². The highest BCUT2D eigenvalue weighted by Gasteiger charge is 2.56. The third-order valence-corrected chi connectivity index (χ3v) is 13.1. The fourth-order valence-electron chi connectivity index (χ4n) is 11.7. The minimum Gasteiger partial charge on any atom is -0.493 e. The van der Waals surface area contributed by atoms with E-state index in [4.69, 9.17) is 9.47 Å². The molecule has 248 valence electrons. The van der Waals surface area contributed by atoms with Gasteiger partial charge in [0.1, 0.15) is 18.5 Å². The van der Waals surface area contributed by atoms with Gasteiger partial charge in [0.2, 0.25) is 11.8 Å². The van der Waals surface area contributed by atoms with Crippen molar-refractivity contribution >= 4 is 18.1 Å². The molecule has 9 rings (SSSR count). The molecule has 46 heavy (non-hydrogen) atoms. The van der Waals surface area contributed by atoms with Crippen LogP contribution in [0.5, 0.6) is 11.5 Å². The predicted octanol–water partition coefficient (Wildman–Crippen LogP) is 4.00. The number of hydrogen-bond acceptors (Lipinski definition) is 7. The van der Waals surface area contributed by atoms with Crippen LogP contribution < -0.4 is 14.8 Å². The molecule has 9 nitrogen and oxygen atoms in total. The molecule has 7 unspecified atom stereocenters. The molecule has 1 aliphatic heterocycles. The van der Waals surface area contributed by atoms with Crippen LogP contribution in [0, 0.1) is 40.9 Å². The number of hydrogen-bond donors (Lipinski definition) is 3. The highest BCUT2D eigenvalue weighted by Crippen LogP contribution is 2.61. The van der Waals surface area contributed by atoms with Crippen molar-refractivity contribution in [2.24, 2.45) is 40.9 Å². The van der Waals surface area contributed by atoms with E-state index in [9.17, 15) is 24.6 Å². The molecule has 6 saturated carbocycles. The number of rotatable bonds is 10. The molecule has 2 amide bonds. The molecule has 6 fully saturated rings. The number of amides is 2. The number of ether oxygens (including phenoxy) is 2. The zero-order chi connectivity index (χ0) is 31.7. The number of aldehydes is 1. The summed E-state index contributed by atoms with van der Waals surface area (Å²) in [4.78, 5) is 42.3. The van der Waals surface area contributed by atoms with E-state index in [0.29, 0.717) is 53.0 Å². The summed E-state index contributed by atoms with van der Waals surface area (Å²) >= 11 is 0. The van der Waals surface area contributed by atoms with Crippen LogP contribution in [0.3, 0.4) is 0 Å². The van der Waals surface area contributed by atoms with Gasteiger partial charge in [-0.25, -0.2) is 0 Å². The predicted molar refractivity (Wildman–Crippen MR) is 169 cm³/mol. The zero-order valence-electron chi connectivity index (χ0n) is 26.9. The monoisotopic (exact) mass is 632 g/mol. The summed E-state index contributed by atoms with van der Waals surface area (Å²) in [6.07, 6.45) is 13.2. The molecule has 7 atom stereocenters. The van der Waals surface area contributed by atoms with E-state index in [1.54, 1.807) is 18.2 Å². The van der Waals surface area contributed by atoms with E-state index in [1.807, 2.05) is 4.90 Å². The van der Waals surface area contributed by atoms with Crippen molar-refractivity contribution in [2.45, 2.75) is 94.8 Å². The van der Waals surface area contributed by atoms with Crippen LogP contribution in [-0.2, 0) is 9.59 Å². The molecule has 9 heteroatoms. The van der Waals surface area contributed by atoms with Gasteiger partial charge in [0.15, 0.2) is 11.5 Å². The number of benzene rings is 1. The highest BCUT2D eigenvalue weighted by molar-refractivity contribution is 5.96. The summed E-state index contributed by atoms with van der Waals surface area (Å²) in [5.41, 5.74) is 1.43. The number of fused-ring (bicyclic) bond motifs is 5. The Hall–Kier alpha value is -2.91. The van der Waals surface area contributed by atoms with Gasteiger partial charge >= 0.3 is 0 Å². The Balaban J connectivity index is 1.18. The maximum Gasteiger partial charge on any atom is 0.247 e. The van der Waals surface area contributed by atoms with Crippen LogP contribution in [0.15, 0.2) is 23.8 Å². The average Bonchev–Trinajstić information content (AvgIpc) is 3.77. The summed E-state index contributed by atoms with van der Waals surface area (Å²) in [5.74, 6) is 3.71. The smallest absolute Gasteiger partial charge is 0.247 e. The Morgan fingerprint density at radius 2 is 1.80 bits per heavy atom. The molecule has 1 aromatic rings. The summed E-state index contributed by atoms with van der Waals surface area (Å²) in [6, 6.07) is 2.56. The van der Waals surface area contributed by atoms with Gasteiger partial charge < -0.3 is 29.9 Å². The van der Waals surface area contributed by atoms with Crippen LogP contribution in [0.25, 0.3) is 0 Å². The largest absolute Gasteiger partial charge is 0.493 e. The quantitative estimate of drug-likeness (QED) is 0.333. The lowest BCUT2D eigenvalue weighted by atomic mass is 9.49. The number of nitrogens with zero attached hydrogens (tertiary/aromatic N) is 1. The van der Waals surface area contributed by atoms with Gasteiger partial charge in [0, 0.05) is 36.2 Å². The molecule has 6 bridgehead atoms. The first-order chi connectivity index (χ1) is 22.3. The minimum absolute atomic E-state index is 0.0460. The van der Waals surface area contributed by atoms with Crippen molar-refractivity contribution in [2.75, 3.05) is 26.8 Å². The summed E-state index contributed by atoms with van der Waals surface area (Å²) < 4.78 is 12.0. The maximum atomic E-state index is 14.6. The summed E-state index contributed by atoms with van der Waals surface area (Å²) in [6.45, 7) is 0.463. The van der Waals surface area contributed by atoms with E-state index < -0.39 is 24.2 Å². The normalized spacial score (nSPS) is 39.3. The Morgan fingerprint density at radius 3 is 2.41 bits per heavy atom. The van der Waals surface area contributed by atoms with Crippen molar-refractivity contribution in [3.05, 3.63) is 34.9 Å². The lowest BCUT2D eigenvalue weighted by molar-refractivity contribution is -0.146. The van der Waals surface area contributed by atoms with Gasteiger partial charge in [-0.2, -0.15) is 0 Å². The molecule has 1 aromatic carbocycles.